The number of amides is 1. The number of nitriles is 1. The van der Waals surface area contributed by atoms with E-state index in [-0.39, 0.29) is 48.4 Å². The van der Waals surface area contributed by atoms with Gasteiger partial charge in [-0.25, -0.2) is 12.8 Å². The number of carbonyl (C=O) groups excluding carboxylic acids is 1. The smallest absolute Gasteiger partial charge is 0.246 e. The predicted octanol–water partition coefficient (Wildman–Crippen LogP) is 2.24. The summed E-state index contributed by atoms with van der Waals surface area (Å²) < 4.78 is 39.8. The Morgan fingerprint density at radius 3 is 2.32 bits per heavy atom. The van der Waals surface area contributed by atoms with Crippen LogP contribution >= 0.6 is 0 Å². The van der Waals surface area contributed by atoms with E-state index in [4.69, 9.17) is 5.26 Å². The highest BCUT2D eigenvalue weighted by Gasteiger charge is 2.31. The monoisotopic (exact) mass is 399 g/mol. The van der Waals surface area contributed by atoms with Crippen molar-refractivity contribution in [2.75, 3.05) is 26.2 Å². The molecule has 6 nitrogen and oxygen atoms in total. The Labute approximate surface area is 163 Å². The van der Waals surface area contributed by atoms with Crippen LogP contribution in [-0.2, 0) is 14.8 Å². The van der Waals surface area contributed by atoms with Crippen molar-refractivity contribution in [3.8, 4) is 6.07 Å². The second-order valence-electron chi connectivity index (χ2n) is 6.22. The first-order chi connectivity index (χ1) is 13.4. The van der Waals surface area contributed by atoms with Gasteiger partial charge < -0.3 is 4.90 Å². The topological polar surface area (TPSA) is 81.5 Å². The first-order valence-corrected chi connectivity index (χ1v) is 10.1. The van der Waals surface area contributed by atoms with Crippen LogP contribution in [0.25, 0.3) is 6.08 Å². The van der Waals surface area contributed by atoms with E-state index in [9.17, 15) is 17.6 Å². The van der Waals surface area contributed by atoms with Crippen LogP contribution in [0.4, 0.5) is 4.39 Å². The summed E-state index contributed by atoms with van der Waals surface area (Å²) in [4.78, 5) is 13.9. The summed E-state index contributed by atoms with van der Waals surface area (Å²) in [7, 11) is -3.79. The highest BCUT2D eigenvalue weighted by atomic mass is 32.2. The SMILES string of the molecule is N#Cc1ccccc1S(=O)(=O)N1CCN(C(=O)C=Cc2ccc(F)cc2)CC1. The Bertz CT molecular complexity index is 1040. The van der Waals surface area contributed by atoms with Crippen molar-refractivity contribution in [2.24, 2.45) is 0 Å². The zero-order chi connectivity index (χ0) is 20.1. The molecule has 0 bridgehead atoms. The summed E-state index contributed by atoms with van der Waals surface area (Å²) in [5, 5.41) is 9.15. The largest absolute Gasteiger partial charge is 0.337 e. The van der Waals surface area contributed by atoms with Crippen molar-refractivity contribution >= 4 is 22.0 Å². The van der Waals surface area contributed by atoms with Crippen LogP contribution < -0.4 is 0 Å². The fourth-order valence-corrected chi connectivity index (χ4v) is 4.48. The van der Waals surface area contributed by atoms with Gasteiger partial charge in [-0.15, -0.1) is 0 Å². The molecule has 1 saturated heterocycles. The van der Waals surface area contributed by atoms with E-state index in [1.54, 1.807) is 35.2 Å². The van der Waals surface area contributed by atoms with E-state index < -0.39 is 10.0 Å². The van der Waals surface area contributed by atoms with Gasteiger partial charge in [0.05, 0.1) is 10.5 Å². The van der Waals surface area contributed by atoms with Gasteiger partial charge in [-0.05, 0) is 35.9 Å². The highest BCUT2D eigenvalue weighted by molar-refractivity contribution is 7.89. The van der Waals surface area contributed by atoms with E-state index in [1.165, 1.54) is 34.6 Å². The third-order valence-electron chi connectivity index (χ3n) is 4.46. The lowest BCUT2D eigenvalue weighted by Crippen LogP contribution is -2.50. The first kappa shape index (κ1) is 19.7. The molecule has 144 valence electrons. The highest BCUT2D eigenvalue weighted by Crippen LogP contribution is 2.21. The zero-order valence-electron chi connectivity index (χ0n) is 15.0. The lowest BCUT2D eigenvalue weighted by molar-refractivity contribution is -0.127. The molecular weight excluding hydrogens is 381 g/mol. The second-order valence-corrected chi connectivity index (χ2v) is 8.13. The molecule has 3 rings (SSSR count). The number of rotatable bonds is 4. The van der Waals surface area contributed by atoms with Gasteiger partial charge in [0.1, 0.15) is 11.9 Å². The second kappa shape index (κ2) is 8.33. The molecule has 8 heteroatoms. The van der Waals surface area contributed by atoms with Crippen LogP contribution in [-0.4, -0.2) is 49.7 Å². The number of nitrogens with zero attached hydrogens (tertiary/aromatic N) is 3. The molecule has 0 saturated carbocycles. The van der Waals surface area contributed by atoms with Crippen molar-refractivity contribution in [3.05, 3.63) is 71.6 Å². The molecule has 0 radical (unpaired) electrons. The van der Waals surface area contributed by atoms with Gasteiger partial charge in [0.15, 0.2) is 0 Å². The standard InChI is InChI=1S/C20H18FN3O3S/c21-18-8-5-16(6-9-18)7-10-20(25)23-11-13-24(14-12-23)28(26,27)19-4-2-1-3-17(19)15-22/h1-10H,11-14H2. The minimum atomic E-state index is -3.79. The van der Waals surface area contributed by atoms with Gasteiger partial charge in [-0.1, -0.05) is 24.3 Å². The molecule has 0 aromatic heterocycles. The van der Waals surface area contributed by atoms with Crippen LogP contribution in [0, 0.1) is 17.1 Å². The van der Waals surface area contributed by atoms with Gasteiger partial charge in [0, 0.05) is 32.3 Å². The predicted molar refractivity (Wildman–Crippen MR) is 102 cm³/mol. The average molecular weight is 399 g/mol. The van der Waals surface area contributed by atoms with E-state index in [1.807, 2.05) is 6.07 Å². The Balaban J connectivity index is 1.64. The number of carbonyl (C=O) groups is 1. The van der Waals surface area contributed by atoms with Crippen LogP contribution in [0.15, 0.2) is 59.5 Å². The van der Waals surface area contributed by atoms with E-state index in [0.29, 0.717) is 5.56 Å². The molecule has 1 amide bonds. The van der Waals surface area contributed by atoms with E-state index in [2.05, 4.69) is 0 Å². The lowest BCUT2D eigenvalue weighted by atomic mass is 10.2. The quantitative estimate of drug-likeness (QED) is 0.739. The maximum Gasteiger partial charge on any atom is 0.246 e. The van der Waals surface area contributed by atoms with Crippen molar-refractivity contribution < 1.29 is 17.6 Å². The fourth-order valence-electron chi connectivity index (χ4n) is 2.92. The minimum Gasteiger partial charge on any atom is -0.337 e. The lowest BCUT2D eigenvalue weighted by Gasteiger charge is -2.33. The third kappa shape index (κ3) is 4.27. The van der Waals surface area contributed by atoms with Crippen LogP contribution in [0.5, 0.6) is 0 Å². The van der Waals surface area contributed by atoms with Gasteiger partial charge in [0.2, 0.25) is 15.9 Å². The average Bonchev–Trinajstić information content (AvgIpc) is 2.73. The molecule has 1 aliphatic rings. The molecular formula is C20H18FN3O3S. The molecule has 28 heavy (non-hydrogen) atoms. The number of halogens is 1. The van der Waals surface area contributed by atoms with Crippen molar-refractivity contribution in [2.45, 2.75) is 4.90 Å². The van der Waals surface area contributed by atoms with Crippen LogP contribution in [0.1, 0.15) is 11.1 Å². The fraction of sp³-hybridized carbons (Fsp3) is 0.200. The minimum absolute atomic E-state index is 0.0199. The summed E-state index contributed by atoms with van der Waals surface area (Å²) in [5.74, 6) is -0.586. The number of piperazine rings is 1. The number of hydrogen-bond acceptors (Lipinski definition) is 4. The third-order valence-corrected chi connectivity index (χ3v) is 6.42. The van der Waals surface area contributed by atoms with Crippen molar-refractivity contribution in [1.29, 1.82) is 5.26 Å². The Hall–Kier alpha value is -3.02. The van der Waals surface area contributed by atoms with Crippen molar-refractivity contribution in [1.82, 2.24) is 9.21 Å². The molecule has 0 spiro atoms. The Morgan fingerprint density at radius 2 is 1.68 bits per heavy atom. The molecule has 2 aromatic carbocycles. The summed E-state index contributed by atoms with van der Waals surface area (Å²) in [5.41, 5.74) is 0.798. The molecule has 1 heterocycles. The molecule has 0 N–H and O–H groups in total. The number of benzene rings is 2. The van der Waals surface area contributed by atoms with Crippen molar-refractivity contribution in [3.63, 3.8) is 0 Å². The maximum atomic E-state index is 12.9. The summed E-state index contributed by atoms with van der Waals surface area (Å²) in [6.45, 7) is 0.803. The maximum absolute atomic E-state index is 12.9. The number of hydrogen-bond donors (Lipinski definition) is 0. The molecule has 1 aliphatic heterocycles. The molecule has 1 fully saturated rings. The molecule has 0 aliphatic carbocycles. The van der Waals surface area contributed by atoms with Gasteiger partial charge >= 0.3 is 0 Å². The van der Waals surface area contributed by atoms with Crippen LogP contribution in [0.3, 0.4) is 0 Å². The Morgan fingerprint density at radius 1 is 1.04 bits per heavy atom. The van der Waals surface area contributed by atoms with Gasteiger partial charge in [0.25, 0.3) is 0 Å². The summed E-state index contributed by atoms with van der Waals surface area (Å²) in [6, 6.07) is 13.7. The van der Waals surface area contributed by atoms with Crippen LogP contribution in [0.2, 0.25) is 0 Å². The Kier molecular flexibility index (Phi) is 5.87. The van der Waals surface area contributed by atoms with Gasteiger partial charge in [-0.3, -0.25) is 4.79 Å². The van der Waals surface area contributed by atoms with E-state index in [0.717, 1.165) is 0 Å². The molecule has 2 aromatic rings. The summed E-state index contributed by atoms with van der Waals surface area (Å²) in [6.07, 6.45) is 2.98. The first-order valence-electron chi connectivity index (χ1n) is 8.63. The normalized spacial score (nSPS) is 15.5. The molecule has 0 atom stereocenters. The van der Waals surface area contributed by atoms with Gasteiger partial charge in [-0.2, -0.15) is 9.57 Å². The molecule has 0 unspecified atom stereocenters. The van der Waals surface area contributed by atoms with E-state index >= 15 is 0 Å². The number of sulfonamides is 1. The zero-order valence-corrected chi connectivity index (χ0v) is 15.8. The summed E-state index contributed by atoms with van der Waals surface area (Å²) >= 11 is 0.